The molecule has 0 spiro atoms. The third kappa shape index (κ3) is 4.80. The molecule has 0 aliphatic carbocycles. The molecule has 37 heavy (non-hydrogen) atoms. The monoisotopic (exact) mass is 611 g/mol. The molecule has 0 aliphatic heterocycles. The molecule has 0 atom stereocenters. The largest absolute Gasteiger partial charge is 0.478 e. The average Bonchev–Trinajstić information content (AvgIpc) is 2.69. The van der Waals surface area contributed by atoms with Crippen LogP contribution in [0.1, 0.15) is 6.42 Å². The molecule has 5 nitrogen and oxygen atoms in total. The fourth-order valence-electron chi connectivity index (χ4n) is 2.03. The number of aliphatic carboxylic acids is 1. The van der Waals surface area contributed by atoms with Crippen LogP contribution in [-0.2, 0) is 14.8 Å². The van der Waals surface area contributed by atoms with Gasteiger partial charge in [0.05, 0.1) is 0 Å². The van der Waals surface area contributed by atoms with Gasteiger partial charge in [-0.3, -0.25) is 0 Å². The Kier molecular flexibility index (Phi) is 8.77. The Bertz CT molecular complexity index is 1000. The molecule has 220 valence electrons. The van der Waals surface area contributed by atoms with Crippen molar-refractivity contribution in [2.45, 2.75) is 53.4 Å². The van der Waals surface area contributed by atoms with E-state index in [0.29, 0.717) is 0 Å². The van der Waals surface area contributed by atoms with Crippen molar-refractivity contribution in [1.29, 1.82) is 0 Å². The van der Waals surface area contributed by atoms with Gasteiger partial charge in [0.2, 0.25) is 0 Å². The molecule has 0 aliphatic rings. The zero-order valence-electron chi connectivity index (χ0n) is 17.1. The molecule has 0 aromatic carbocycles. The minimum absolute atomic E-state index is 0.197. The lowest BCUT2D eigenvalue weighted by molar-refractivity contribution is -0.458. The van der Waals surface area contributed by atoms with Crippen LogP contribution in [0, 0.1) is 0 Å². The molecular formula is C14H10F17NO4S. The van der Waals surface area contributed by atoms with Gasteiger partial charge < -0.3 is 5.11 Å². The third-order valence-electron chi connectivity index (χ3n) is 4.46. The highest BCUT2D eigenvalue weighted by molar-refractivity contribution is 7.90. The highest BCUT2D eigenvalue weighted by Gasteiger charge is 2.96. The van der Waals surface area contributed by atoms with Crippen LogP contribution in [0.15, 0.2) is 12.2 Å². The van der Waals surface area contributed by atoms with Crippen LogP contribution in [0.4, 0.5) is 74.6 Å². The van der Waals surface area contributed by atoms with Crippen LogP contribution in [0.25, 0.3) is 0 Å². The smallest absolute Gasteiger partial charge is 0.460 e. The summed E-state index contributed by atoms with van der Waals surface area (Å²) in [5.74, 6) is -54.0. The summed E-state index contributed by atoms with van der Waals surface area (Å²) in [5, 5.41) is 0.768. The zero-order chi connectivity index (χ0) is 30.6. The molecule has 0 fully saturated rings. The quantitative estimate of drug-likeness (QED) is 0.242. The summed E-state index contributed by atoms with van der Waals surface area (Å²) in [4.78, 5) is 10.5. The van der Waals surface area contributed by atoms with Crippen LogP contribution in [0.3, 0.4) is 0 Å². The highest BCUT2D eigenvalue weighted by Crippen LogP contribution is 2.64. The fourth-order valence-corrected chi connectivity index (χ4v) is 3.20. The number of hydrogen-bond acceptors (Lipinski definition) is 3. The summed E-state index contributed by atoms with van der Waals surface area (Å²) in [7, 11) is -7.65. The van der Waals surface area contributed by atoms with E-state index in [4.69, 9.17) is 5.11 Å². The average molecular weight is 611 g/mol. The Hall–Kier alpha value is -2.07. The SMILES string of the molecule is C=C(CCN(C)S(=O)(=O)C(F)(F)C(F)(F)C(F)(F)C(F)(F)C(F)(F)C(F)(F)C(F)(F)C(F)(F)F)C(=O)O. The van der Waals surface area contributed by atoms with E-state index in [2.05, 4.69) is 6.58 Å². The Morgan fingerprint density at radius 3 is 1.27 bits per heavy atom. The lowest BCUT2D eigenvalue weighted by atomic mass is 9.91. The van der Waals surface area contributed by atoms with Crippen molar-refractivity contribution in [2.24, 2.45) is 0 Å². The van der Waals surface area contributed by atoms with Gasteiger partial charge in [-0.25, -0.2) is 13.2 Å². The van der Waals surface area contributed by atoms with E-state index in [1.807, 2.05) is 0 Å². The minimum Gasteiger partial charge on any atom is -0.478 e. The van der Waals surface area contributed by atoms with Crippen LogP contribution in [-0.4, -0.2) is 84.4 Å². The number of hydrogen-bond donors (Lipinski definition) is 1. The van der Waals surface area contributed by atoms with E-state index >= 15 is 0 Å². The van der Waals surface area contributed by atoms with Crippen molar-refractivity contribution >= 4 is 16.0 Å². The van der Waals surface area contributed by atoms with E-state index in [1.54, 1.807) is 0 Å². The van der Waals surface area contributed by atoms with Gasteiger partial charge in [-0.05, 0) is 6.42 Å². The molecule has 0 saturated heterocycles. The third-order valence-corrected chi connectivity index (χ3v) is 6.37. The molecule has 23 heteroatoms. The molecule has 0 heterocycles. The van der Waals surface area contributed by atoms with Crippen molar-refractivity contribution in [3.63, 3.8) is 0 Å². The van der Waals surface area contributed by atoms with Gasteiger partial charge in [0.25, 0.3) is 10.0 Å². The van der Waals surface area contributed by atoms with Crippen molar-refractivity contribution in [1.82, 2.24) is 4.31 Å². The Morgan fingerprint density at radius 2 is 0.973 bits per heavy atom. The summed E-state index contributed by atoms with van der Waals surface area (Å²) < 4.78 is 247. The second-order valence-corrected chi connectivity index (χ2v) is 9.03. The van der Waals surface area contributed by atoms with E-state index in [9.17, 15) is 87.8 Å². The zero-order valence-corrected chi connectivity index (χ0v) is 17.9. The van der Waals surface area contributed by atoms with Crippen molar-refractivity contribution in [2.75, 3.05) is 13.6 Å². The number of sulfonamides is 1. The minimum atomic E-state index is -8.92. The summed E-state index contributed by atoms with van der Waals surface area (Å²) in [6.45, 7) is 1.05. The second kappa shape index (κ2) is 9.29. The Labute approximate surface area is 193 Å². The summed E-state index contributed by atoms with van der Waals surface area (Å²) in [6.07, 6.45) is -9.15. The number of alkyl halides is 17. The van der Waals surface area contributed by atoms with Gasteiger partial charge in [0, 0.05) is 19.2 Å². The van der Waals surface area contributed by atoms with Crippen molar-refractivity contribution in [3.8, 4) is 0 Å². The first-order valence-electron chi connectivity index (χ1n) is 8.33. The van der Waals surface area contributed by atoms with E-state index in [0.717, 1.165) is 0 Å². The number of halogens is 17. The highest BCUT2D eigenvalue weighted by atomic mass is 32.2. The van der Waals surface area contributed by atoms with Gasteiger partial charge in [-0.2, -0.15) is 78.9 Å². The first-order valence-corrected chi connectivity index (χ1v) is 9.77. The first-order chi connectivity index (χ1) is 15.7. The molecule has 0 saturated carbocycles. The molecule has 1 N–H and O–H groups in total. The van der Waals surface area contributed by atoms with Gasteiger partial charge in [0.1, 0.15) is 0 Å². The lowest BCUT2D eigenvalue weighted by Crippen LogP contribution is -2.75. The molecule has 0 bridgehead atoms. The summed E-state index contributed by atoms with van der Waals surface area (Å²) in [6, 6.07) is 0. The standard InChI is InChI=1S/C14H10F17NO4S/c1-5(6(33)34)3-4-32(2)37(35,36)14(30,31)12(25,26)10(21,22)8(17,18)7(15,16)9(19,20)11(23,24)13(27,28)29/h1,3-4H2,2H3,(H,33,34). The van der Waals surface area contributed by atoms with E-state index in [1.165, 1.54) is 0 Å². The Morgan fingerprint density at radius 1 is 0.676 bits per heavy atom. The molecule has 0 unspecified atom stereocenters. The topological polar surface area (TPSA) is 74.7 Å². The second-order valence-electron chi connectivity index (χ2n) is 6.95. The maximum atomic E-state index is 14.0. The van der Waals surface area contributed by atoms with Gasteiger partial charge in [-0.15, -0.1) is 0 Å². The number of carboxylic acids is 1. The summed E-state index contributed by atoms with van der Waals surface area (Å²) in [5.41, 5.74) is -1.04. The van der Waals surface area contributed by atoms with E-state index < -0.39 is 85.8 Å². The fraction of sp³-hybridized carbons (Fsp3) is 0.786. The van der Waals surface area contributed by atoms with Gasteiger partial charge in [0.15, 0.2) is 0 Å². The number of carboxylic acid groups (broad SMARTS) is 1. The lowest BCUT2D eigenvalue weighted by Gasteiger charge is -2.42. The number of carbonyl (C=O) groups is 1. The van der Waals surface area contributed by atoms with Crippen molar-refractivity contribution < 1.29 is 93.0 Å². The maximum absolute atomic E-state index is 14.0. The molecule has 0 rings (SSSR count). The first kappa shape index (κ1) is 34.9. The molecule has 0 aromatic heterocycles. The van der Waals surface area contributed by atoms with E-state index in [-0.39, 0.29) is 7.05 Å². The van der Waals surface area contributed by atoms with Crippen LogP contribution in [0.2, 0.25) is 0 Å². The molecule has 0 amide bonds. The molecule has 0 radical (unpaired) electrons. The molecule has 0 aromatic rings. The predicted molar refractivity (Wildman–Crippen MR) is 83.6 cm³/mol. The Balaban J connectivity index is 6.80. The normalized spacial score (nSPS) is 15.8. The maximum Gasteiger partial charge on any atom is 0.460 e. The predicted octanol–water partition coefficient (Wildman–Crippen LogP) is 5.25. The van der Waals surface area contributed by atoms with Crippen LogP contribution < -0.4 is 0 Å². The number of rotatable bonds is 12. The number of nitrogens with zero attached hydrogens (tertiary/aromatic N) is 1. The molecular weight excluding hydrogens is 601 g/mol. The van der Waals surface area contributed by atoms with Crippen molar-refractivity contribution in [3.05, 3.63) is 12.2 Å². The summed E-state index contributed by atoms with van der Waals surface area (Å²) >= 11 is 0. The van der Waals surface area contributed by atoms with Gasteiger partial charge >= 0.3 is 52.9 Å². The van der Waals surface area contributed by atoms with Gasteiger partial charge in [-0.1, -0.05) is 6.58 Å². The van der Waals surface area contributed by atoms with Crippen LogP contribution >= 0.6 is 0 Å². The van der Waals surface area contributed by atoms with Crippen LogP contribution in [0.5, 0.6) is 0 Å².